The summed E-state index contributed by atoms with van der Waals surface area (Å²) in [7, 11) is 0. The number of ether oxygens (including phenoxy) is 1. The lowest BCUT2D eigenvalue weighted by atomic mass is 10.1. The molecule has 0 unspecified atom stereocenters. The Balaban J connectivity index is 1.47. The fraction of sp³-hybridized carbons (Fsp3) is 0.444. The summed E-state index contributed by atoms with van der Waals surface area (Å²) in [5.41, 5.74) is 4.89. The SMILES string of the molecule is CCNC(=O)Nc1ccc(-c2nc3c(c(N4CCOC[C@@H]4C)n2)CCN(c2cc(C)ncn2)CC3)cc1. The van der Waals surface area contributed by atoms with Gasteiger partial charge in [-0.1, -0.05) is 0 Å². The van der Waals surface area contributed by atoms with Crippen LogP contribution in [0.15, 0.2) is 36.7 Å². The van der Waals surface area contributed by atoms with Crippen LogP contribution in [0.2, 0.25) is 0 Å². The number of aromatic nitrogens is 4. The number of urea groups is 1. The maximum Gasteiger partial charge on any atom is 0.319 e. The first-order valence-corrected chi connectivity index (χ1v) is 12.9. The van der Waals surface area contributed by atoms with Gasteiger partial charge in [-0.25, -0.2) is 24.7 Å². The van der Waals surface area contributed by atoms with E-state index in [2.05, 4.69) is 37.3 Å². The van der Waals surface area contributed by atoms with Crippen LogP contribution in [0.5, 0.6) is 0 Å². The van der Waals surface area contributed by atoms with Gasteiger partial charge in [-0.05, 0) is 51.5 Å². The van der Waals surface area contributed by atoms with Crippen molar-refractivity contribution in [1.29, 1.82) is 0 Å². The van der Waals surface area contributed by atoms with Crippen LogP contribution in [-0.4, -0.2) is 71.4 Å². The Kier molecular flexibility index (Phi) is 7.45. The van der Waals surface area contributed by atoms with E-state index in [1.54, 1.807) is 6.33 Å². The van der Waals surface area contributed by atoms with E-state index in [1.165, 1.54) is 5.56 Å². The van der Waals surface area contributed by atoms with Crippen LogP contribution in [0.3, 0.4) is 0 Å². The van der Waals surface area contributed by atoms with Crippen molar-refractivity contribution in [2.75, 3.05) is 54.5 Å². The van der Waals surface area contributed by atoms with E-state index in [9.17, 15) is 4.79 Å². The van der Waals surface area contributed by atoms with Crippen LogP contribution < -0.4 is 20.4 Å². The van der Waals surface area contributed by atoms with Crippen molar-refractivity contribution >= 4 is 23.4 Å². The minimum absolute atomic E-state index is 0.219. The molecule has 37 heavy (non-hydrogen) atoms. The predicted octanol–water partition coefficient (Wildman–Crippen LogP) is 3.21. The van der Waals surface area contributed by atoms with E-state index in [1.807, 2.05) is 44.2 Å². The molecule has 2 aliphatic rings. The first-order valence-electron chi connectivity index (χ1n) is 12.9. The number of rotatable bonds is 5. The van der Waals surface area contributed by atoms with Crippen LogP contribution in [0.4, 0.5) is 22.1 Å². The minimum atomic E-state index is -0.219. The number of nitrogens with zero attached hydrogens (tertiary/aromatic N) is 6. The fourth-order valence-corrected chi connectivity index (χ4v) is 4.87. The first-order chi connectivity index (χ1) is 18.0. The van der Waals surface area contributed by atoms with E-state index >= 15 is 0 Å². The van der Waals surface area contributed by atoms with Gasteiger partial charge in [0.05, 0.1) is 24.9 Å². The van der Waals surface area contributed by atoms with Crippen LogP contribution in [0, 0.1) is 6.92 Å². The second-order valence-corrected chi connectivity index (χ2v) is 9.48. The second kappa shape index (κ2) is 11.1. The van der Waals surface area contributed by atoms with Crippen molar-refractivity contribution in [1.82, 2.24) is 25.3 Å². The Labute approximate surface area is 217 Å². The average molecular weight is 503 g/mol. The van der Waals surface area contributed by atoms with E-state index in [0.717, 1.165) is 66.8 Å². The lowest BCUT2D eigenvalue weighted by Crippen LogP contribution is -2.45. The monoisotopic (exact) mass is 502 g/mol. The van der Waals surface area contributed by atoms with Gasteiger partial charge in [0.1, 0.15) is 18.0 Å². The molecule has 5 rings (SSSR count). The molecule has 1 saturated heterocycles. The zero-order valence-electron chi connectivity index (χ0n) is 21.7. The number of benzene rings is 1. The zero-order chi connectivity index (χ0) is 25.8. The van der Waals surface area contributed by atoms with Crippen LogP contribution >= 0.6 is 0 Å². The van der Waals surface area contributed by atoms with Gasteiger partial charge in [0, 0.05) is 61.2 Å². The van der Waals surface area contributed by atoms with E-state index in [-0.39, 0.29) is 12.1 Å². The molecule has 4 heterocycles. The third-order valence-corrected chi connectivity index (χ3v) is 6.81. The Morgan fingerprint density at radius 2 is 1.92 bits per heavy atom. The third kappa shape index (κ3) is 5.64. The second-order valence-electron chi connectivity index (χ2n) is 9.48. The minimum Gasteiger partial charge on any atom is -0.377 e. The van der Waals surface area contributed by atoms with Gasteiger partial charge >= 0.3 is 6.03 Å². The summed E-state index contributed by atoms with van der Waals surface area (Å²) < 4.78 is 5.72. The van der Waals surface area contributed by atoms with E-state index in [0.29, 0.717) is 25.6 Å². The van der Waals surface area contributed by atoms with Crippen molar-refractivity contribution in [3.05, 3.63) is 53.6 Å². The number of aryl methyl sites for hydroxylation is 1. The Hall–Kier alpha value is -3.79. The van der Waals surface area contributed by atoms with Crippen molar-refractivity contribution in [3.63, 3.8) is 0 Å². The normalized spacial score (nSPS) is 17.6. The number of hydrogen-bond donors (Lipinski definition) is 2. The molecular weight excluding hydrogens is 468 g/mol. The molecule has 0 saturated carbocycles. The number of hydrogen-bond acceptors (Lipinski definition) is 8. The largest absolute Gasteiger partial charge is 0.377 e. The van der Waals surface area contributed by atoms with E-state index < -0.39 is 0 Å². The lowest BCUT2D eigenvalue weighted by Gasteiger charge is -2.36. The number of carbonyl (C=O) groups excluding carboxylic acids is 1. The molecule has 2 aliphatic heterocycles. The summed E-state index contributed by atoms with van der Waals surface area (Å²) >= 11 is 0. The summed E-state index contributed by atoms with van der Waals surface area (Å²) in [6.07, 6.45) is 3.27. The molecule has 3 aromatic rings. The van der Waals surface area contributed by atoms with Gasteiger partial charge in [0.2, 0.25) is 0 Å². The number of anilines is 3. The average Bonchev–Trinajstić information content (AvgIpc) is 3.12. The molecule has 0 aliphatic carbocycles. The highest BCUT2D eigenvalue weighted by Gasteiger charge is 2.28. The van der Waals surface area contributed by atoms with E-state index in [4.69, 9.17) is 14.7 Å². The maximum absolute atomic E-state index is 11.9. The quantitative estimate of drug-likeness (QED) is 0.548. The molecule has 0 bridgehead atoms. The Morgan fingerprint density at radius 3 is 2.68 bits per heavy atom. The first kappa shape index (κ1) is 24.9. The lowest BCUT2D eigenvalue weighted by molar-refractivity contribution is 0.0984. The predicted molar refractivity (Wildman–Crippen MR) is 144 cm³/mol. The summed E-state index contributed by atoms with van der Waals surface area (Å²) in [5, 5.41) is 5.59. The summed E-state index contributed by atoms with van der Waals surface area (Å²) in [6, 6.07) is 9.74. The van der Waals surface area contributed by atoms with Crippen LogP contribution in [-0.2, 0) is 17.6 Å². The molecule has 1 aromatic carbocycles. The van der Waals surface area contributed by atoms with Gasteiger partial charge in [-0.15, -0.1) is 0 Å². The Morgan fingerprint density at radius 1 is 1.11 bits per heavy atom. The zero-order valence-corrected chi connectivity index (χ0v) is 21.7. The van der Waals surface area contributed by atoms with Crippen LogP contribution in [0.1, 0.15) is 30.8 Å². The van der Waals surface area contributed by atoms with Crippen molar-refractivity contribution in [2.45, 2.75) is 39.7 Å². The number of carbonyl (C=O) groups is 1. The molecule has 10 heteroatoms. The third-order valence-electron chi connectivity index (χ3n) is 6.81. The van der Waals surface area contributed by atoms with Gasteiger partial charge in [-0.3, -0.25) is 0 Å². The smallest absolute Gasteiger partial charge is 0.319 e. The molecule has 0 radical (unpaired) electrons. The molecule has 2 aromatic heterocycles. The molecule has 194 valence electrons. The van der Waals surface area contributed by atoms with Gasteiger partial charge in [0.15, 0.2) is 5.82 Å². The van der Waals surface area contributed by atoms with Crippen molar-refractivity contribution in [3.8, 4) is 11.4 Å². The highest BCUT2D eigenvalue weighted by atomic mass is 16.5. The topological polar surface area (TPSA) is 108 Å². The number of amides is 2. The molecule has 0 spiro atoms. The fourth-order valence-electron chi connectivity index (χ4n) is 4.87. The number of fused-ring (bicyclic) bond motifs is 1. The Bertz CT molecular complexity index is 1250. The number of morpholine rings is 1. The highest BCUT2D eigenvalue weighted by Crippen LogP contribution is 2.31. The maximum atomic E-state index is 11.9. The van der Waals surface area contributed by atoms with Crippen molar-refractivity contribution < 1.29 is 9.53 Å². The molecule has 1 atom stereocenters. The summed E-state index contributed by atoms with van der Waals surface area (Å²) in [4.78, 5) is 35.5. The van der Waals surface area contributed by atoms with Crippen molar-refractivity contribution in [2.24, 2.45) is 0 Å². The standard InChI is InChI=1S/C27H34N8O2/c1-4-28-27(36)31-21-7-5-20(6-8-21)25-32-23-10-12-34(24-15-18(2)29-17-30-24)11-9-22(23)26(33-25)35-13-14-37-16-19(35)3/h5-8,15,17,19H,4,9-14,16H2,1-3H3,(H2,28,31,36)/t19-/m0/s1. The molecule has 10 nitrogen and oxygen atoms in total. The highest BCUT2D eigenvalue weighted by molar-refractivity contribution is 5.89. The molecule has 1 fully saturated rings. The molecule has 2 amide bonds. The molecular formula is C27H34N8O2. The van der Waals surface area contributed by atoms with Gasteiger partial charge < -0.3 is 25.2 Å². The van der Waals surface area contributed by atoms with Gasteiger partial charge in [-0.2, -0.15) is 0 Å². The van der Waals surface area contributed by atoms with Gasteiger partial charge in [0.25, 0.3) is 0 Å². The summed E-state index contributed by atoms with van der Waals surface area (Å²) in [5.74, 6) is 2.65. The number of nitrogens with one attached hydrogen (secondary N) is 2. The van der Waals surface area contributed by atoms with Crippen LogP contribution in [0.25, 0.3) is 11.4 Å². The molecule has 2 N–H and O–H groups in total. The summed E-state index contributed by atoms with van der Waals surface area (Å²) in [6.45, 7) is 10.5.